The largest absolute Gasteiger partial charge is 0.392 e. The zero-order chi connectivity index (χ0) is 13.2. The highest BCUT2D eigenvalue weighted by molar-refractivity contribution is 7.89. The van der Waals surface area contributed by atoms with E-state index in [9.17, 15) is 8.42 Å². The van der Waals surface area contributed by atoms with Crippen molar-refractivity contribution in [3.8, 4) is 0 Å². The predicted molar refractivity (Wildman–Crippen MR) is 72.6 cm³/mol. The van der Waals surface area contributed by atoms with E-state index < -0.39 is 16.1 Å². The van der Waals surface area contributed by atoms with Gasteiger partial charge in [-0.25, -0.2) is 8.42 Å². The Balaban J connectivity index is 3.21. The third-order valence-electron chi connectivity index (χ3n) is 2.45. The molecular formula is C10H13ClN2O2S2. The summed E-state index contributed by atoms with van der Waals surface area (Å²) in [6, 6.07) is 5.68. The lowest BCUT2D eigenvalue weighted by molar-refractivity contribution is 0.451. The molecule has 0 spiro atoms. The minimum absolute atomic E-state index is 0.0484. The van der Waals surface area contributed by atoms with Crippen molar-refractivity contribution in [1.82, 2.24) is 4.31 Å². The molecule has 0 heterocycles. The molecule has 0 saturated carbocycles. The summed E-state index contributed by atoms with van der Waals surface area (Å²) in [5.74, 6) is 0. The van der Waals surface area contributed by atoms with Gasteiger partial charge in [0, 0.05) is 7.05 Å². The van der Waals surface area contributed by atoms with Crippen LogP contribution < -0.4 is 5.73 Å². The van der Waals surface area contributed by atoms with Crippen molar-refractivity contribution in [2.24, 2.45) is 5.73 Å². The summed E-state index contributed by atoms with van der Waals surface area (Å²) >= 11 is 10.7. The quantitative estimate of drug-likeness (QED) is 0.857. The van der Waals surface area contributed by atoms with Crippen molar-refractivity contribution in [3.05, 3.63) is 29.3 Å². The maximum Gasteiger partial charge on any atom is 0.244 e. The average molecular weight is 293 g/mol. The first-order valence-corrected chi connectivity index (χ1v) is 7.03. The second-order valence-corrected chi connectivity index (χ2v) is 6.37. The zero-order valence-electron chi connectivity index (χ0n) is 9.42. The summed E-state index contributed by atoms with van der Waals surface area (Å²) in [5, 5.41) is 0.175. The number of hydrogen-bond donors (Lipinski definition) is 1. The SMILES string of the molecule is CC(C(N)=S)N(C)S(=O)(=O)c1ccccc1Cl. The van der Waals surface area contributed by atoms with E-state index in [4.69, 9.17) is 29.6 Å². The second-order valence-electron chi connectivity index (χ2n) is 3.53. The molecule has 0 amide bonds. The van der Waals surface area contributed by atoms with Crippen molar-refractivity contribution in [1.29, 1.82) is 0 Å². The molecule has 2 N–H and O–H groups in total. The number of nitrogens with zero attached hydrogens (tertiary/aromatic N) is 1. The van der Waals surface area contributed by atoms with E-state index in [2.05, 4.69) is 0 Å². The Kier molecular flexibility index (Phi) is 4.48. The molecular weight excluding hydrogens is 280 g/mol. The van der Waals surface area contributed by atoms with Gasteiger partial charge < -0.3 is 5.73 Å². The van der Waals surface area contributed by atoms with Gasteiger partial charge in [0.05, 0.1) is 16.1 Å². The molecule has 0 aromatic heterocycles. The highest BCUT2D eigenvalue weighted by Gasteiger charge is 2.28. The monoisotopic (exact) mass is 292 g/mol. The number of thiocarbonyl (C=S) groups is 1. The minimum Gasteiger partial charge on any atom is -0.392 e. The molecule has 7 heteroatoms. The fourth-order valence-corrected chi connectivity index (χ4v) is 3.25. The number of halogens is 1. The van der Waals surface area contributed by atoms with Crippen molar-refractivity contribution in [3.63, 3.8) is 0 Å². The van der Waals surface area contributed by atoms with Crippen LogP contribution in [0, 0.1) is 0 Å². The summed E-state index contributed by atoms with van der Waals surface area (Å²) < 4.78 is 25.6. The van der Waals surface area contributed by atoms with E-state index in [1.807, 2.05) is 0 Å². The van der Waals surface area contributed by atoms with Crippen molar-refractivity contribution in [2.75, 3.05) is 7.05 Å². The van der Waals surface area contributed by atoms with Gasteiger partial charge in [0.1, 0.15) is 4.90 Å². The lowest BCUT2D eigenvalue weighted by Gasteiger charge is -2.23. The zero-order valence-corrected chi connectivity index (χ0v) is 11.8. The fourth-order valence-electron chi connectivity index (χ4n) is 1.20. The van der Waals surface area contributed by atoms with Crippen LogP contribution in [-0.2, 0) is 10.0 Å². The molecule has 0 aliphatic rings. The molecule has 0 radical (unpaired) electrons. The molecule has 0 aliphatic heterocycles. The van der Waals surface area contributed by atoms with Gasteiger partial charge in [-0.2, -0.15) is 4.31 Å². The Bertz CT molecular complexity index is 531. The summed E-state index contributed by atoms with van der Waals surface area (Å²) in [6.45, 7) is 1.62. The number of hydrogen-bond acceptors (Lipinski definition) is 3. The highest BCUT2D eigenvalue weighted by atomic mass is 35.5. The van der Waals surface area contributed by atoms with Crippen LogP contribution in [0.25, 0.3) is 0 Å². The Morgan fingerprint density at radius 3 is 2.47 bits per heavy atom. The van der Waals surface area contributed by atoms with Crippen LogP contribution in [0.2, 0.25) is 5.02 Å². The first-order chi connectivity index (χ1) is 7.78. The normalized spacial score (nSPS) is 13.6. The van der Waals surface area contributed by atoms with E-state index in [-0.39, 0.29) is 14.9 Å². The molecule has 1 unspecified atom stereocenters. The maximum atomic E-state index is 12.2. The van der Waals surface area contributed by atoms with Gasteiger partial charge >= 0.3 is 0 Å². The predicted octanol–water partition coefficient (Wildman–Crippen LogP) is 1.64. The molecule has 0 aliphatic carbocycles. The summed E-state index contributed by atoms with van der Waals surface area (Å²) in [4.78, 5) is 0.162. The minimum atomic E-state index is -3.68. The number of benzene rings is 1. The molecule has 17 heavy (non-hydrogen) atoms. The van der Waals surface area contributed by atoms with E-state index in [1.165, 1.54) is 19.2 Å². The smallest absolute Gasteiger partial charge is 0.244 e. The average Bonchev–Trinajstić information content (AvgIpc) is 2.27. The van der Waals surface area contributed by atoms with Crippen molar-refractivity contribution >= 4 is 38.8 Å². The van der Waals surface area contributed by atoms with Gasteiger partial charge in [-0.3, -0.25) is 0 Å². The van der Waals surface area contributed by atoms with Gasteiger partial charge in [0.25, 0.3) is 0 Å². The topological polar surface area (TPSA) is 63.4 Å². The van der Waals surface area contributed by atoms with Gasteiger partial charge in [-0.1, -0.05) is 36.0 Å². The first kappa shape index (κ1) is 14.4. The fraction of sp³-hybridized carbons (Fsp3) is 0.300. The second kappa shape index (κ2) is 5.30. The van der Waals surface area contributed by atoms with E-state index in [0.29, 0.717) is 0 Å². The number of nitrogens with two attached hydrogens (primary N) is 1. The lowest BCUT2D eigenvalue weighted by Crippen LogP contribution is -2.42. The number of sulfonamides is 1. The maximum absolute atomic E-state index is 12.2. The first-order valence-electron chi connectivity index (χ1n) is 4.80. The molecule has 0 bridgehead atoms. The molecule has 94 valence electrons. The van der Waals surface area contributed by atoms with Crippen LogP contribution in [0.15, 0.2) is 29.2 Å². The summed E-state index contributed by atoms with van der Waals surface area (Å²) in [7, 11) is -2.26. The Morgan fingerprint density at radius 1 is 1.47 bits per heavy atom. The van der Waals surface area contributed by atoms with Gasteiger partial charge in [0.15, 0.2) is 0 Å². The van der Waals surface area contributed by atoms with Gasteiger partial charge in [-0.15, -0.1) is 0 Å². The van der Waals surface area contributed by atoms with Crippen molar-refractivity contribution in [2.45, 2.75) is 17.9 Å². The molecule has 1 rings (SSSR count). The highest BCUT2D eigenvalue weighted by Crippen LogP contribution is 2.24. The Hall–Kier alpha value is -0.690. The van der Waals surface area contributed by atoms with E-state index in [1.54, 1.807) is 19.1 Å². The molecule has 1 aromatic rings. The third-order valence-corrected chi connectivity index (χ3v) is 5.22. The van der Waals surface area contributed by atoms with Gasteiger partial charge in [0.2, 0.25) is 10.0 Å². The Morgan fingerprint density at radius 2 is 2.00 bits per heavy atom. The van der Waals surface area contributed by atoms with Gasteiger partial charge in [-0.05, 0) is 19.1 Å². The standard InChI is InChI=1S/C10H13ClN2O2S2/c1-7(10(12)16)13(2)17(14,15)9-6-4-3-5-8(9)11/h3-7H,1-2H3,(H2,12,16). The van der Waals surface area contributed by atoms with Crippen LogP contribution in [0.4, 0.5) is 0 Å². The van der Waals surface area contributed by atoms with Crippen LogP contribution >= 0.6 is 23.8 Å². The Labute approximate surface area is 111 Å². The van der Waals surface area contributed by atoms with Crippen LogP contribution in [0.3, 0.4) is 0 Å². The van der Waals surface area contributed by atoms with E-state index in [0.717, 1.165) is 4.31 Å². The van der Waals surface area contributed by atoms with Crippen LogP contribution in [0.1, 0.15) is 6.92 Å². The summed E-state index contributed by atoms with van der Waals surface area (Å²) in [5.41, 5.74) is 5.44. The van der Waals surface area contributed by atoms with Crippen LogP contribution in [0.5, 0.6) is 0 Å². The molecule has 0 saturated heterocycles. The summed E-state index contributed by atoms with van der Waals surface area (Å²) in [6.07, 6.45) is 0. The molecule has 4 nitrogen and oxygen atoms in total. The number of likely N-dealkylation sites (N-methyl/N-ethyl adjacent to an activating group) is 1. The van der Waals surface area contributed by atoms with Crippen LogP contribution in [-0.4, -0.2) is 30.8 Å². The van der Waals surface area contributed by atoms with E-state index >= 15 is 0 Å². The lowest BCUT2D eigenvalue weighted by atomic mass is 10.3. The molecule has 1 aromatic carbocycles. The third kappa shape index (κ3) is 2.95. The molecule has 1 atom stereocenters. The molecule has 0 fully saturated rings. The van der Waals surface area contributed by atoms with Crippen molar-refractivity contribution < 1.29 is 8.42 Å². The number of rotatable bonds is 4.